The number of ketones is 1. The van der Waals surface area contributed by atoms with Crippen molar-refractivity contribution >= 4 is 33.5 Å². The van der Waals surface area contributed by atoms with E-state index in [0.717, 1.165) is 11.8 Å². The van der Waals surface area contributed by atoms with Crippen molar-refractivity contribution in [1.29, 1.82) is 0 Å². The van der Waals surface area contributed by atoms with E-state index in [4.69, 9.17) is 5.11 Å². The van der Waals surface area contributed by atoms with Crippen LogP contribution in [0.25, 0.3) is 0 Å². The van der Waals surface area contributed by atoms with Gasteiger partial charge in [-0.3, -0.25) is 4.79 Å². The highest BCUT2D eigenvalue weighted by atomic mass is 32.2. The number of sulfone groups is 1. The molecular weight excluding hydrogens is 382 g/mol. The molecule has 0 bridgehead atoms. The van der Waals surface area contributed by atoms with Crippen LogP contribution in [0.5, 0.6) is 0 Å². The lowest BCUT2D eigenvalue weighted by molar-refractivity contribution is -0.0931. The highest BCUT2D eigenvalue weighted by Gasteiger charge is 2.35. The summed E-state index contributed by atoms with van der Waals surface area (Å²) in [6.45, 7) is -0.0556. The van der Waals surface area contributed by atoms with Crippen molar-refractivity contribution in [1.82, 2.24) is 5.32 Å². The van der Waals surface area contributed by atoms with Gasteiger partial charge in [0.15, 0.2) is 15.6 Å². The van der Waals surface area contributed by atoms with Gasteiger partial charge in [0.05, 0.1) is 10.6 Å². The zero-order valence-electron chi connectivity index (χ0n) is 13.9. The second-order valence-electron chi connectivity index (χ2n) is 6.16. The predicted molar refractivity (Wildman–Crippen MR) is 95.8 cm³/mol. The minimum Gasteiger partial charge on any atom is -0.465 e. The van der Waals surface area contributed by atoms with Crippen LogP contribution in [0, 0.1) is 5.92 Å². The van der Waals surface area contributed by atoms with Gasteiger partial charge < -0.3 is 20.6 Å². The SMILES string of the molecule is O=C(O)NCCC(=O)c1cccc(S(=O)(=O)CC2CCSC(O)(O)C2)c1. The molecule has 0 saturated carbocycles. The molecule has 0 aliphatic carbocycles. The number of hydrogen-bond donors (Lipinski definition) is 4. The van der Waals surface area contributed by atoms with E-state index < -0.39 is 21.0 Å². The smallest absolute Gasteiger partial charge is 0.404 e. The summed E-state index contributed by atoms with van der Waals surface area (Å²) in [6, 6.07) is 5.61. The van der Waals surface area contributed by atoms with Crippen LogP contribution in [-0.4, -0.2) is 58.8 Å². The molecule has 1 amide bonds. The third-order valence-corrected chi connectivity index (χ3v) is 6.96. The number of aliphatic hydroxyl groups is 2. The summed E-state index contributed by atoms with van der Waals surface area (Å²) >= 11 is 0.986. The molecule has 1 aliphatic rings. The first kappa shape index (κ1) is 20.7. The van der Waals surface area contributed by atoms with Crippen LogP contribution in [0.2, 0.25) is 0 Å². The fourth-order valence-electron chi connectivity index (χ4n) is 2.77. The zero-order valence-corrected chi connectivity index (χ0v) is 15.6. The summed E-state index contributed by atoms with van der Waals surface area (Å²) in [7, 11) is -3.69. The van der Waals surface area contributed by atoms with E-state index >= 15 is 0 Å². The lowest BCUT2D eigenvalue weighted by Gasteiger charge is -2.31. The molecule has 2 rings (SSSR count). The van der Waals surface area contributed by atoms with Crippen LogP contribution in [0.3, 0.4) is 0 Å². The lowest BCUT2D eigenvalue weighted by atomic mass is 10.0. The van der Waals surface area contributed by atoms with Gasteiger partial charge in [0.1, 0.15) is 0 Å². The average molecular weight is 403 g/mol. The Balaban J connectivity index is 2.07. The topological polar surface area (TPSA) is 141 Å². The fourth-order valence-corrected chi connectivity index (χ4v) is 5.59. The number of carbonyl (C=O) groups is 2. The third kappa shape index (κ3) is 5.97. The molecule has 1 unspecified atom stereocenters. The normalized spacial score (nSPS) is 19.7. The van der Waals surface area contributed by atoms with Crippen LogP contribution < -0.4 is 5.32 Å². The number of thioether (sulfide) groups is 1. The Morgan fingerprint density at radius 3 is 2.69 bits per heavy atom. The standard InChI is InChI=1S/C16H21NO7S2/c18-14(4-6-17-15(19)20)12-2-1-3-13(8-12)26(23,24)10-11-5-7-25-16(21,22)9-11/h1-3,8,11,17,21-22H,4-7,9-10H2,(H,19,20). The highest BCUT2D eigenvalue weighted by Crippen LogP contribution is 2.36. The maximum Gasteiger partial charge on any atom is 0.404 e. The van der Waals surface area contributed by atoms with E-state index in [2.05, 4.69) is 5.32 Å². The van der Waals surface area contributed by atoms with Gasteiger partial charge in [-0.15, -0.1) is 0 Å². The molecular formula is C16H21NO7S2. The Bertz CT molecular complexity index is 777. The molecule has 0 radical (unpaired) electrons. The van der Waals surface area contributed by atoms with Crippen molar-refractivity contribution < 1.29 is 33.3 Å². The summed E-state index contributed by atoms with van der Waals surface area (Å²) in [5, 5.41) is 28.0. The van der Waals surface area contributed by atoms with Gasteiger partial charge in [0.25, 0.3) is 0 Å². The molecule has 1 aromatic carbocycles. The van der Waals surface area contributed by atoms with Crippen molar-refractivity contribution in [3.8, 4) is 0 Å². The van der Waals surface area contributed by atoms with Gasteiger partial charge in [-0.05, 0) is 30.2 Å². The molecule has 0 spiro atoms. The number of nitrogens with one attached hydrogen (secondary N) is 1. The second-order valence-corrected chi connectivity index (χ2v) is 9.55. The molecule has 144 valence electrons. The third-order valence-electron chi connectivity index (χ3n) is 4.01. The second kappa shape index (κ2) is 8.38. The van der Waals surface area contributed by atoms with Crippen LogP contribution in [0.1, 0.15) is 29.6 Å². The van der Waals surface area contributed by atoms with Crippen LogP contribution in [0.4, 0.5) is 4.79 Å². The van der Waals surface area contributed by atoms with Gasteiger partial charge in [-0.25, -0.2) is 13.2 Å². The Kier molecular flexibility index (Phi) is 6.67. The van der Waals surface area contributed by atoms with Gasteiger partial charge in [0.2, 0.25) is 5.12 Å². The lowest BCUT2D eigenvalue weighted by Crippen LogP contribution is -2.34. The minimum atomic E-state index is -3.69. The van der Waals surface area contributed by atoms with Gasteiger partial charge in [-0.2, -0.15) is 0 Å². The number of hydrogen-bond acceptors (Lipinski definition) is 7. The largest absolute Gasteiger partial charge is 0.465 e. The van der Waals surface area contributed by atoms with E-state index in [-0.39, 0.29) is 47.3 Å². The molecule has 1 saturated heterocycles. The van der Waals surface area contributed by atoms with Crippen molar-refractivity contribution in [2.24, 2.45) is 5.92 Å². The molecule has 10 heteroatoms. The van der Waals surface area contributed by atoms with Gasteiger partial charge >= 0.3 is 6.09 Å². The van der Waals surface area contributed by atoms with E-state index in [1.165, 1.54) is 24.3 Å². The number of rotatable bonds is 7. The summed E-state index contributed by atoms with van der Waals surface area (Å²) in [4.78, 5) is 22.5. The zero-order chi connectivity index (χ0) is 19.4. The van der Waals surface area contributed by atoms with Crippen LogP contribution in [-0.2, 0) is 9.84 Å². The molecule has 1 aliphatic heterocycles. The van der Waals surface area contributed by atoms with Gasteiger partial charge in [-0.1, -0.05) is 23.9 Å². The predicted octanol–water partition coefficient (Wildman–Crippen LogP) is 1.08. The van der Waals surface area contributed by atoms with E-state index in [9.17, 15) is 28.2 Å². The van der Waals surface area contributed by atoms with Crippen LogP contribution >= 0.6 is 11.8 Å². The summed E-state index contributed by atoms with van der Waals surface area (Å²) < 4.78 is 25.2. The van der Waals surface area contributed by atoms with Crippen LogP contribution in [0.15, 0.2) is 29.2 Å². The number of amides is 1. The number of benzene rings is 1. The Labute approximate surface area is 155 Å². The van der Waals surface area contributed by atoms with Crippen molar-refractivity contribution in [3.63, 3.8) is 0 Å². The average Bonchev–Trinajstić information content (AvgIpc) is 2.53. The van der Waals surface area contributed by atoms with Gasteiger partial charge in [0, 0.05) is 24.9 Å². The summed E-state index contributed by atoms with van der Waals surface area (Å²) in [6.07, 6.45) is -0.779. The molecule has 1 heterocycles. The minimum absolute atomic E-state index is 0.00532. The first-order valence-corrected chi connectivity index (χ1v) is 10.6. The molecule has 1 atom stereocenters. The van der Waals surface area contributed by atoms with Crippen molar-refractivity contribution in [3.05, 3.63) is 29.8 Å². The summed E-state index contributed by atoms with van der Waals surface area (Å²) in [5.41, 5.74) is 0.191. The molecule has 8 nitrogen and oxygen atoms in total. The molecule has 1 fully saturated rings. The highest BCUT2D eigenvalue weighted by molar-refractivity contribution is 8.00. The Morgan fingerprint density at radius 2 is 2.04 bits per heavy atom. The summed E-state index contributed by atoms with van der Waals surface area (Å²) in [5.74, 6) is -0.512. The van der Waals surface area contributed by atoms with Crippen molar-refractivity contribution in [2.75, 3.05) is 18.1 Å². The maximum atomic E-state index is 12.6. The number of carbonyl (C=O) groups excluding carboxylic acids is 1. The molecule has 26 heavy (non-hydrogen) atoms. The molecule has 4 N–H and O–H groups in total. The van der Waals surface area contributed by atoms with E-state index in [1.54, 1.807) is 0 Å². The molecule has 1 aromatic rings. The van der Waals surface area contributed by atoms with Crippen molar-refractivity contribution in [2.45, 2.75) is 29.3 Å². The quantitative estimate of drug-likeness (QED) is 0.391. The number of Topliss-reactive ketones (excluding diaryl/α,β-unsaturated/α-hetero) is 1. The Morgan fingerprint density at radius 1 is 1.31 bits per heavy atom. The Hall–Kier alpha value is -1.62. The molecule has 0 aromatic heterocycles. The fraction of sp³-hybridized carbons (Fsp3) is 0.500. The van der Waals surface area contributed by atoms with E-state index in [0.29, 0.717) is 12.2 Å². The monoisotopic (exact) mass is 403 g/mol. The first-order chi connectivity index (χ1) is 12.1. The maximum absolute atomic E-state index is 12.6. The van der Waals surface area contributed by atoms with E-state index in [1.807, 2.05) is 0 Å². The first-order valence-electron chi connectivity index (χ1n) is 8.00. The number of carboxylic acid groups (broad SMARTS) is 1.